The number of hydrogen-bond acceptors (Lipinski definition) is 2. The van der Waals surface area contributed by atoms with Crippen LogP contribution in [0.2, 0.25) is 0 Å². The van der Waals surface area contributed by atoms with E-state index in [0.29, 0.717) is 6.04 Å². The molecule has 0 rings (SSSR count). The highest BCUT2D eigenvalue weighted by molar-refractivity contribution is 5.85. The van der Waals surface area contributed by atoms with Crippen molar-refractivity contribution in [3.8, 4) is 0 Å². The van der Waals surface area contributed by atoms with Gasteiger partial charge in [-0.2, -0.15) is 0 Å². The van der Waals surface area contributed by atoms with Crippen LogP contribution in [-0.2, 0) is 0 Å². The van der Waals surface area contributed by atoms with E-state index < -0.39 is 0 Å². The van der Waals surface area contributed by atoms with Gasteiger partial charge in [-0.1, -0.05) is 117 Å². The summed E-state index contributed by atoms with van der Waals surface area (Å²) < 4.78 is 0. The first-order valence-corrected chi connectivity index (χ1v) is 11.7. The Bertz CT molecular complexity index is 218. The Morgan fingerprint density at radius 2 is 0.923 bits per heavy atom. The normalized spacial score (nSPS) is 11.1. The number of hydrogen-bond donors (Lipinski definition) is 2. The van der Waals surface area contributed by atoms with Crippen molar-refractivity contribution in [2.24, 2.45) is 0 Å². The second-order valence-electron chi connectivity index (χ2n) is 7.90. The number of rotatable bonds is 21. The molecule has 0 saturated carbocycles. The van der Waals surface area contributed by atoms with Gasteiger partial charge in [0.05, 0.1) is 6.61 Å². The van der Waals surface area contributed by atoms with Crippen LogP contribution >= 0.6 is 12.4 Å². The van der Waals surface area contributed by atoms with Gasteiger partial charge in [-0.25, -0.2) is 0 Å². The lowest BCUT2D eigenvalue weighted by Crippen LogP contribution is -2.31. The maximum absolute atomic E-state index is 9.08. The van der Waals surface area contributed by atoms with Gasteiger partial charge in [-0.05, 0) is 12.8 Å². The molecule has 26 heavy (non-hydrogen) atoms. The topological polar surface area (TPSA) is 32.3 Å². The molecule has 0 heterocycles. The summed E-state index contributed by atoms with van der Waals surface area (Å²) in [6.07, 6.45) is 25.0. The number of aliphatic hydroxyl groups excluding tert-OH is 1. The number of aliphatic hydroxyl groups is 1. The summed E-state index contributed by atoms with van der Waals surface area (Å²) in [6, 6.07) is 0.632. The van der Waals surface area contributed by atoms with Crippen molar-refractivity contribution >= 4 is 12.4 Å². The fourth-order valence-electron chi connectivity index (χ4n) is 3.67. The molecule has 2 nitrogen and oxygen atoms in total. The van der Waals surface area contributed by atoms with Gasteiger partial charge in [0, 0.05) is 12.6 Å². The highest BCUT2D eigenvalue weighted by Gasteiger charge is 2.07. The van der Waals surface area contributed by atoms with Gasteiger partial charge < -0.3 is 10.4 Å². The molecule has 0 aromatic heterocycles. The first-order chi connectivity index (χ1) is 12.3. The monoisotopic (exact) mass is 391 g/mol. The van der Waals surface area contributed by atoms with Crippen LogP contribution in [0.25, 0.3) is 0 Å². The van der Waals surface area contributed by atoms with Crippen molar-refractivity contribution in [3.63, 3.8) is 0 Å². The van der Waals surface area contributed by atoms with Crippen LogP contribution < -0.4 is 5.32 Å². The molecule has 0 unspecified atom stereocenters. The van der Waals surface area contributed by atoms with Gasteiger partial charge in [0.1, 0.15) is 0 Å². The van der Waals surface area contributed by atoms with E-state index in [0.717, 1.165) is 6.54 Å². The second kappa shape index (κ2) is 25.2. The van der Waals surface area contributed by atoms with Gasteiger partial charge in [0.25, 0.3) is 0 Å². The highest BCUT2D eigenvalue weighted by atomic mass is 35.5. The summed E-state index contributed by atoms with van der Waals surface area (Å²) >= 11 is 0. The van der Waals surface area contributed by atoms with Gasteiger partial charge in [0.2, 0.25) is 0 Å². The van der Waals surface area contributed by atoms with Crippen LogP contribution in [0.5, 0.6) is 0 Å². The van der Waals surface area contributed by atoms with Gasteiger partial charge in [-0.3, -0.25) is 0 Å². The van der Waals surface area contributed by atoms with Crippen LogP contribution in [0.4, 0.5) is 0 Å². The first-order valence-electron chi connectivity index (χ1n) is 11.7. The quantitative estimate of drug-likeness (QED) is 0.199. The zero-order valence-electron chi connectivity index (χ0n) is 18.1. The Hall–Kier alpha value is 0.210. The number of halogens is 1. The SMILES string of the molecule is CCCCCCCCCCC(CCCCCCCCCC)NCCO.Cl. The molecule has 0 aromatic rings. The molecular weight excluding hydrogens is 342 g/mol. The van der Waals surface area contributed by atoms with E-state index in [4.69, 9.17) is 5.11 Å². The Morgan fingerprint density at radius 3 is 1.27 bits per heavy atom. The first kappa shape index (κ1) is 28.4. The third kappa shape index (κ3) is 22.3. The van der Waals surface area contributed by atoms with Crippen LogP contribution in [0.15, 0.2) is 0 Å². The molecule has 160 valence electrons. The average Bonchev–Trinajstić information content (AvgIpc) is 2.63. The maximum Gasteiger partial charge on any atom is 0.0556 e. The Balaban J connectivity index is 0. The summed E-state index contributed by atoms with van der Waals surface area (Å²) in [4.78, 5) is 0. The molecule has 0 atom stereocenters. The largest absolute Gasteiger partial charge is 0.395 e. The van der Waals surface area contributed by atoms with Crippen molar-refractivity contribution in [2.45, 2.75) is 135 Å². The van der Waals surface area contributed by atoms with Gasteiger partial charge in [-0.15, -0.1) is 12.4 Å². The summed E-state index contributed by atoms with van der Waals surface area (Å²) in [5.41, 5.74) is 0. The number of unbranched alkanes of at least 4 members (excludes halogenated alkanes) is 14. The minimum Gasteiger partial charge on any atom is -0.395 e. The lowest BCUT2D eigenvalue weighted by Gasteiger charge is -2.18. The van der Waals surface area contributed by atoms with E-state index in [2.05, 4.69) is 19.2 Å². The molecule has 0 saturated heterocycles. The van der Waals surface area contributed by atoms with E-state index >= 15 is 0 Å². The summed E-state index contributed by atoms with van der Waals surface area (Å²) in [5, 5.41) is 12.6. The van der Waals surface area contributed by atoms with E-state index in [1.807, 2.05) is 0 Å². The van der Waals surface area contributed by atoms with Crippen LogP contribution in [0.1, 0.15) is 129 Å². The fraction of sp³-hybridized carbons (Fsp3) is 1.00. The van der Waals surface area contributed by atoms with Crippen molar-refractivity contribution in [1.82, 2.24) is 5.32 Å². The maximum atomic E-state index is 9.08. The van der Waals surface area contributed by atoms with Crippen molar-refractivity contribution in [2.75, 3.05) is 13.2 Å². The van der Waals surface area contributed by atoms with Crippen molar-refractivity contribution in [3.05, 3.63) is 0 Å². The van der Waals surface area contributed by atoms with Crippen LogP contribution in [0, 0.1) is 0 Å². The lowest BCUT2D eigenvalue weighted by atomic mass is 9.99. The predicted molar refractivity (Wildman–Crippen MR) is 121 cm³/mol. The zero-order chi connectivity index (χ0) is 18.4. The second-order valence-corrected chi connectivity index (χ2v) is 7.90. The van der Waals surface area contributed by atoms with Gasteiger partial charge >= 0.3 is 0 Å². The molecule has 0 spiro atoms. The molecule has 0 aromatic carbocycles. The van der Waals surface area contributed by atoms with Crippen LogP contribution in [0.3, 0.4) is 0 Å². The average molecular weight is 392 g/mol. The molecule has 3 heteroatoms. The zero-order valence-corrected chi connectivity index (χ0v) is 18.9. The molecule has 0 bridgehead atoms. The van der Waals surface area contributed by atoms with Gasteiger partial charge in [0.15, 0.2) is 0 Å². The lowest BCUT2D eigenvalue weighted by molar-refractivity contribution is 0.277. The fourth-order valence-corrected chi connectivity index (χ4v) is 3.67. The minimum absolute atomic E-state index is 0. The molecule has 0 radical (unpaired) electrons. The predicted octanol–water partition coefficient (Wildman–Crippen LogP) is 7.42. The summed E-state index contributed by atoms with van der Waals surface area (Å²) in [6.45, 7) is 5.60. The summed E-state index contributed by atoms with van der Waals surface area (Å²) in [5.74, 6) is 0. The molecule has 0 fully saturated rings. The van der Waals surface area contributed by atoms with E-state index in [1.165, 1.54) is 116 Å². The number of nitrogens with one attached hydrogen (secondary N) is 1. The molecule has 0 aliphatic carbocycles. The molecule has 0 aliphatic rings. The molecule has 0 amide bonds. The molecular formula is C23H50ClNO. The smallest absolute Gasteiger partial charge is 0.0556 e. The third-order valence-corrected chi connectivity index (χ3v) is 5.36. The summed E-state index contributed by atoms with van der Waals surface area (Å²) in [7, 11) is 0. The minimum atomic E-state index is 0. The third-order valence-electron chi connectivity index (χ3n) is 5.36. The van der Waals surface area contributed by atoms with Crippen molar-refractivity contribution < 1.29 is 5.11 Å². The van der Waals surface area contributed by atoms with Crippen molar-refractivity contribution in [1.29, 1.82) is 0 Å². The highest BCUT2D eigenvalue weighted by Crippen LogP contribution is 2.15. The van der Waals surface area contributed by atoms with Crippen LogP contribution in [-0.4, -0.2) is 24.3 Å². The Labute approximate surface area is 171 Å². The van der Waals surface area contributed by atoms with E-state index in [9.17, 15) is 0 Å². The van der Waals surface area contributed by atoms with E-state index in [1.54, 1.807) is 0 Å². The molecule has 0 aliphatic heterocycles. The van der Waals surface area contributed by atoms with E-state index in [-0.39, 0.29) is 19.0 Å². The standard InChI is InChI=1S/C23H49NO.ClH/c1-3-5-7-9-11-13-15-17-19-23(24-21-22-25)20-18-16-14-12-10-8-6-4-2;/h23-25H,3-22H2,1-2H3;1H. The Kier molecular flexibility index (Phi) is 27.6. The molecule has 2 N–H and O–H groups in total. The Morgan fingerprint density at radius 1 is 0.577 bits per heavy atom.